The van der Waals surface area contributed by atoms with E-state index in [2.05, 4.69) is 66.5 Å². The first kappa shape index (κ1) is 15.8. The maximum Gasteiger partial charge on any atom is 0.0382 e. The van der Waals surface area contributed by atoms with Crippen molar-refractivity contribution in [1.29, 1.82) is 0 Å². The van der Waals surface area contributed by atoms with Gasteiger partial charge in [0, 0.05) is 44.1 Å². The van der Waals surface area contributed by atoms with E-state index in [1.165, 1.54) is 5.56 Å². The third-order valence-corrected chi connectivity index (χ3v) is 4.06. The van der Waals surface area contributed by atoms with E-state index in [0.717, 1.165) is 56.1 Å². The lowest BCUT2D eigenvalue weighted by atomic mass is 10.1. The lowest BCUT2D eigenvalue weighted by Crippen LogP contribution is -2.43. The third-order valence-electron chi connectivity index (χ3n) is 4.06. The molecule has 0 amide bonds. The monoisotopic (exact) mass is 285 g/mol. The molecule has 0 bridgehead atoms. The molecule has 114 valence electrons. The standard InChI is InChI=1S/C18H27N3/c1-5-15(2)19-16(3)18-8-6-17(7-9-18)14-21-12-10-20(4)11-13-21/h6-9,19H,2-3,5,10-14H2,1,4H3. The predicted octanol–water partition coefficient (Wildman–Crippen LogP) is 2.92. The highest BCUT2D eigenvalue weighted by Crippen LogP contribution is 2.14. The van der Waals surface area contributed by atoms with E-state index in [-0.39, 0.29) is 0 Å². The molecule has 0 saturated carbocycles. The maximum atomic E-state index is 4.08. The molecule has 0 aliphatic carbocycles. The molecule has 1 aliphatic rings. The van der Waals surface area contributed by atoms with Gasteiger partial charge in [0.2, 0.25) is 0 Å². The largest absolute Gasteiger partial charge is 0.359 e. The number of piperazine rings is 1. The second kappa shape index (κ2) is 7.43. The Balaban J connectivity index is 1.89. The summed E-state index contributed by atoms with van der Waals surface area (Å²) in [4.78, 5) is 4.90. The summed E-state index contributed by atoms with van der Waals surface area (Å²) in [6.45, 7) is 15.8. The fourth-order valence-electron chi connectivity index (χ4n) is 2.45. The van der Waals surface area contributed by atoms with Crippen molar-refractivity contribution in [2.24, 2.45) is 0 Å². The van der Waals surface area contributed by atoms with Gasteiger partial charge in [0.25, 0.3) is 0 Å². The van der Waals surface area contributed by atoms with Crippen molar-refractivity contribution in [2.45, 2.75) is 19.9 Å². The van der Waals surface area contributed by atoms with Crippen LogP contribution in [0.2, 0.25) is 0 Å². The van der Waals surface area contributed by atoms with Crippen LogP contribution in [0.15, 0.2) is 43.1 Å². The van der Waals surface area contributed by atoms with E-state index < -0.39 is 0 Å². The van der Waals surface area contributed by atoms with Gasteiger partial charge in [0.15, 0.2) is 0 Å². The maximum absolute atomic E-state index is 4.08. The van der Waals surface area contributed by atoms with E-state index in [9.17, 15) is 0 Å². The Morgan fingerprint density at radius 3 is 2.29 bits per heavy atom. The van der Waals surface area contributed by atoms with Gasteiger partial charge < -0.3 is 10.2 Å². The molecule has 0 spiro atoms. The molecule has 1 aliphatic heterocycles. The Bertz CT molecular complexity index is 482. The van der Waals surface area contributed by atoms with E-state index in [4.69, 9.17) is 0 Å². The van der Waals surface area contributed by atoms with Gasteiger partial charge in [-0.05, 0) is 24.6 Å². The number of nitrogens with one attached hydrogen (secondary N) is 1. The van der Waals surface area contributed by atoms with Gasteiger partial charge >= 0.3 is 0 Å². The first-order chi connectivity index (χ1) is 10.1. The van der Waals surface area contributed by atoms with Gasteiger partial charge in [0.1, 0.15) is 0 Å². The quantitative estimate of drug-likeness (QED) is 0.867. The number of hydrogen-bond acceptors (Lipinski definition) is 3. The summed E-state index contributed by atoms with van der Waals surface area (Å²) in [5.41, 5.74) is 4.42. The van der Waals surface area contributed by atoms with Gasteiger partial charge in [-0.3, -0.25) is 4.90 Å². The van der Waals surface area contributed by atoms with Crippen LogP contribution < -0.4 is 5.32 Å². The summed E-state index contributed by atoms with van der Waals surface area (Å²) in [6, 6.07) is 8.69. The van der Waals surface area contributed by atoms with Crippen LogP contribution in [-0.2, 0) is 6.54 Å². The van der Waals surface area contributed by atoms with E-state index in [1.54, 1.807) is 0 Å². The highest BCUT2D eigenvalue weighted by Gasteiger charge is 2.13. The van der Waals surface area contributed by atoms with Crippen molar-refractivity contribution < 1.29 is 0 Å². The van der Waals surface area contributed by atoms with Crippen molar-refractivity contribution >= 4 is 5.70 Å². The molecule has 0 radical (unpaired) electrons. The van der Waals surface area contributed by atoms with Crippen LogP contribution in [-0.4, -0.2) is 43.0 Å². The minimum absolute atomic E-state index is 0.917. The van der Waals surface area contributed by atoms with Crippen molar-refractivity contribution in [3.8, 4) is 0 Å². The van der Waals surface area contributed by atoms with Crippen LogP contribution in [0, 0.1) is 0 Å². The van der Waals surface area contributed by atoms with Crippen LogP contribution in [0.3, 0.4) is 0 Å². The average molecular weight is 285 g/mol. The summed E-state index contributed by atoms with van der Waals surface area (Å²) in [5.74, 6) is 0. The molecular weight excluding hydrogens is 258 g/mol. The van der Waals surface area contributed by atoms with Crippen molar-refractivity contribution in [1.82, 2.24) is 15.1 Å². The molecule has 1 aromatic rings. The number of hydrogen-bond donors (Lipinski definition) is 1. The van der Waals surface area contributed by atoms with Crippen LogP contribution in [0.25, 0.3) is 5.70 Å². The predicted molar refractivity (Wildman–Crippen MR) is 90.8 cm³/mol. The highest BCUT2D eigenvalue weighted by atomic mass is 15.2. The van der Waals surface area contributed by atoms with Crippen molar-refractivity contribution in [3.63, 3.8) is 0 Å². The van der Waals surface area contributed by atoms with Gasteiger partial charge in [-0.2, -0.15) is 0 Å². The van der Waals surface area contributed by atoms with E-state index >= 15 is 0 Å². The highest BCUT2D eigenvalue weighted by molar-refractivity contribution is 5.63. The Labute approximate surface area is 128 Å². The van der Waals surface area contributed by atoms with Crippen LogP contribution >= 0.6 is 0 Å². The molecule has 1 fully saturated rings. The van der Waals surface area contributed by atoms with Crippen LogP contribution in [0.5, 0.6) is 0 Å². The first-order valence-electron chi connectivity index (χ1n) is 7.72. The lowest BCUT2D eigenvalue weighted by Gasteiger charge is -2.32. The van der Waals surface area contributed by atoms with E-state index in [1.807, 2.05) is 0 Å². The average Bonchev–Trinajstić information content (AvgIpc) is 2.50. The van der Waals surface area contributed by atoms with Gasteiger partial charge in [0.05, 0.1) is 0 Å². The van der Waals surface area contributed by atoms with Crippen molar-refractivity contribution in [2.75, 3.05) is 33.2 Å². The molecule has 1 saturated heterocycles. The number of rotatable bonds is 6. The second-order valence-electron chi connectivity index (χ2n) is 5.84. The Kier molecular flexibility index (Phi) is 5.59. The summed E-state index contributed by atoms with van der Waals surface area (Å²) >= 11 is 0. The van der Waals surface area contributed by atoms with Gasteiger partial charge in [-0.15, -0.1) is 0 Å². The molecule has 3 heteroatoms. The normalized spacial score (nSPS) is 16.7. The molecule has 1 N–H and O–H groups in total. The summed E-state index contributed by atoms with van der Waals surface area (Å²) in [6.07, 6.45) is 0.917. The summed E-state index contributed by atoms with van der Waals surface area (Å²) in [5, 5.41) is 3.25. The fraction of sp³-hybridized carbons (Fsp3) is 0.444. The Hall–Kier alpha value is -1.58. The molecule has 21 heavy (non-hydrogen) atoms. The molecule has 2 rings (SSSR count). The lowest BCUT2D eigenvalue weighted by molar-refractivity contribution is 0.148. The van der Waals surface area contributed by atoms with Crippen LogP contribution in [0.1, 0.15) is 24.5 Å². The molecule has 0 atom stereocenters. The van der Waals surface area contributed by atoms with E-state index in [0.29, 0.717) is 0 Å². The molecular formula is C18H27N3. The zero-order valence-electron chi connectivity index (χ0n) is 13.4. The zero-order valence-corrected chi connectivity index (χ0v) is 13.4. The third kappa shape index (κ3) is 4.73. The molecule has 0 aromatic heterocycles. The topological polar surface area (TPSA) is 18.5 Å². The minimum Gasteiger partial charge on any atom is -0.359 e. The summed E-state index contributed by atoms with van der Waals surface area (Å²) in [7, 11) is 2.19. The van der Waals surface area contributed by atoms with Gasteiger partial charge in [-0.25, -0.2) is 0 Å². The van der Waals surface area contributed by atoms with Crippen LogP contribution in [0.4, 0.5) is 0 Å². The fourth-order valence-corrected chi connectivity index (χ4v) is 2.45. The number of allylic oxidation sites excluding steroid dienone is 1. The molecule has 1 heterocycles. The van der Waals surface area contributed by atoms with Gasteiger partial charge in [-0.1, -0.05) is 44.3 Å². The number of nitrogens with zero attached hydrogens (tertiary/aromatic N) is 2. The Morgan fingerprint density at radius 2 is 1.71 bits per heavy atom. The zero-order chi connectivity index (χ0) is 15.2. The first-order valence-corrected chi connectivity index (χ1v) is 7.72. The number of benzene rings is 1. The second-order valence-corrected chi connectivity index (χ2v) is 5.84. The smallest absolute Gasteiger partial charge is 0.0382 e. The summed E-state index contributed by atoms with van der Waals surface area (Å²) < 4.78 is 0. The minimum atomic E-state index is 0.917. The SMILES string of the molecule is C=C(CC)NC(=C)c1ccc(CN2CCN(C)CC2)cc1. The number of likely N-dealkylation sites (N-methyl/N-ethyl adjacent to an activating group) is 1. The molecule has 3 nitrogen and oxygen atoms in total. The molecule has 1 aromatic carbocycles. The Morgan fingerprint density at radius 1 is 1.10 bits per heavy atom. The molecule has 0 unspecified atom stereocenters. The van der Waals surface area contributed by atoms with Crippen molar-refractivity contribution in [3.05, 3.63) is 54.2 Å².